The molecule has 7 heteroatoms. The van der Waals surface area contributed by atoms with E-state index in [1.165, 1.54) is 4.90 Å². The van der Waals surface area contributed by atoms with E-state index in [-0.39, 0.29) is 18.3 Å². The van der Waals surface area contributed by atoms with Crippen LogP contribution in [0.1, 0.15) is 34.6 Å². The molecule has 6 nitrogen and oxygen atoms in total. The lowest BCUT2D eigenvalue weighted by molar-refractivity contribution is 0.0205. The third-order valence-electron chi connectivity index (χ3n) is 1.87. The Kier molecular flexibility index (Phi) is 5.41. The Morgan fingerprint density at radius 1 is 1.35 bits per heavy atom. The van der Waals surface area contributed by atoms with Gasteiger partial charge in [-0.05, 0) is 34.6 Å². The zero-order valence-electron chi connectivity index (χ0n) is 11.1. The Balaban J connectivity index is 4.59. The molecule has 102 valence electrons. The summed E-state index contributed by atoms with van der Waals surface area (Å²) in [5.74, 6) is -0.273. The number of sulfonamides is 1. The molecule has 1 amide bonds. The van der Waals surface area contributed by atoms with Gasteiger partial charge in [-0.25, -0.2) is 18.4 Å². The van der Waals surface area contributed by atoms with Crippen molar-refractivity contribution in [3.05, 3.63) is 0 Å². The number of nitrogens with two attached hydrogens (primary N) is 1. The van der Waals surface area contributed by atoms with Crippen molar-refractivity contribution in [2.45, 2.75) is 46.3 Å². The van der Waals surface area contributed by atoms with Gasteiger partial charge in [0.2, 0.25) is 10.0 Å². The van der Waals surface area contributed by atoms with Crippen molar-refractivity contribution in [1.82, 2.24) is 4.90 Å². The molecule has 17 heavy (non-hydrogen) atoms. The van der Waals surface area contributed by atoms with E-state index in [9.17, 15) is 13.2 Å². The second kappa shape index (κ2) is 5.68. The molecule has 0 fully saturated rings. The molecule has 0 aromatic heterocycles. The first kappa shape index (κ1) is 16.2. The Labute approximate surface area is 103 Å². The average molecular weight is 266 g/mol. The van der Waals surface area contributed by atoms with Gasteiger partial charge in [0.25, 0.3) is 0 Å². The van der Waals surface area contributed by atoms with Crippen LogP contribution in [-0.2, 0) is 14.8 Å². The molecule has 0 saturated carbocycles. The molecule has 0 spiro atoms. The van der Waals surface area contributed by atoms with Crippen LogP contribution >= 0.6 is 0 Å². The molecule has 0 aromatic rings. The highest BCUT2D eigenvalue weighted by atomic mass is 32.2. The van der Waals surface area contributed by atoms with Crippen molar-refractivity contribution in [2.75, 3.05) is 12.3 Å². The number of hydrogen-bond acceptors (Lipinski definition) is 4. The van der Waals surface area contributed by atoms with Crippen molar-refractivity contribution < 1.29 is 17.9 Å². The Morgan fingerprint density at radius 2 is 1.82 bits per heavy atom. The summed E-state index contributed by atoms with van der Waals surface area (Å²) in [6.45, 7) is 8.86. The molecule has 0 rings (SSSR count). The number of carbonyl (C=O) groups is 1. The summed E-state index contributed by atoms with van der Waals surface area (Å²) >= 11 is 0. The molecule has 0 aliphatic rings. The minimum Gasteiger partial charge on any atom is -0.444 e. The van der Waals surface area contributed by atoms with E-state index in [2.05, 4.69) is 0 Å². The number of rotatable bonds is 4. The topological polar surface area (TPSA) is 89.7 Å². The van der Waals surface area contributed by atoms with Gasteiger partial charge in [0.15, 0.2) is 0 Å². The normalized spacial score (nSPS) is 12.6. The quantitative estimate of drug-likeness (QED) is 0.819. The summed E-state index contributed by atoms with van der Waals surface area (Å²) in [6.07, 6.45) is -0.531. The number of primary sulfonamides is 1. The second-order valence-corrected chi connectivity index (χ2v) is 6.87. The first-order valence-corrected chi connectivity index (χ1v) is 7.14. The molecule has 2 N–H and O–H groups in total. The van der Waals surface area contributed by atoms with Crippen LogP contribution in [0.3, 0.4) is 0 Å². The molecule has 0 aliphatic heterocycles. The van der Waals surface area contributed by atoms with Crippen LogP contribution in [0.4, 0.5) is 4.79 Å². The van der Waals surface area contributed by atoms with Gasteiger partial charge in [-0.15, -0.1) is 0 Å². The Morgan fingerprint density at radius 3 is 2.12 bits per heavy atom. The smallest absolute Gasteiger partial charge is 0.410 e. The molecule has 0 saturated heterocycles. The fourth-order valence-electron chi connectivity index (χ4n) is 1.11. The third kappa shape index (κ3) is 7.98. The lowest BCUT2D eigenvalue weighted by Gasteiger charge is -2.29. The molecule has 0 aliphatic carbocycles. The molecule has 0 bridgehead atoms. The maximum absolute atomic E-state index is 11.8. The lowest BCUT2D eigenvalue weighted by atomic mass is 10.2. The first-order chi connectivity index (χ1) is 7.42. The molecule has 0 unspecified atom stereocenters. The predicted octanol–water partition coefficient (Wildman–Crippen LogP) is 0.920. The van der Waals surface area contributed by atoms with Crippen LogP contribution in [-0.4, -0.2) is 43.4 Å². The predicted molar refractivity (Wildman–Crippen MR) is 66.1 cm³/mol. The fourth-order valence-corrected chi connectivity index (χ4v) is 1.56. The number of ether oxygens (including phenoxy) is 1. The van der Waals surface area contributed by atoms with Gasteiger partial charge in [-0.3, -0.25) is 0 Å². The number of carbonyl (C=O) groups excluding carboxylic acids is 1. The van der Waals surface area contributed by atoms with Crippen LogP contribution in [0.15, 0.2) is 0 Å². The minimum atomic E-state index is -3.58. The van der Waals surface area contributed by atoms with E-state index in [4.69, 9.17) is 9.88 Å². The Bertz CT molecular complexity index is 357. The summed E-state index contributed by atoms with van der Waals surface area (Å²) in [5, 5.41) is 4.90. The zero-order chi connectivity index (χ0) is 13.9. The van der Waals surface area contributed by atoms with Crippen LogP contribution in [0.25, 0.3) is 0 Å². The highest BCUT2D eigenvalue weighted by Gasteiger charge is 2.24. The average Bonchev–Trinajstić information content (AvgIpc) is 1.96. The van der Waals surface area contributed by atoms with Crippen LogP contribution < -0.4 is 5.14 Å². The van der Waals surface area contributed by atoms with Crippen molar-refractivity contribution in [3.8, 4) is 0 Å². The van der Waals surface area contributed by atoms with Crippen LogP contribution in [0, 0.1) is 0 Å². The highest BCUT2D eigenvalue weighted by Crippen LogP contribution is 2.11. The van der Waals surface area contributed by atoms with Crippen molar-refractivity contribution >= 4 is 16.1 Å². The minimum absolute atomic E-state index is 0.0331. The van der Waals surface area contributed by atoms with Crippen LogP contribution in [0.2, 0.25) is 0 Å². The van der Waals surface area contributed by atoms with E-state index in [1.54, 1.807) is 34.6 Å². The summed E-state index contributed by atoms with van der Waals surface area (Å²) < 4.78 is 26.9. The van der Waals surface area contributed by atoms with Gasteiger partial charge in [-0.2, -0.15) is 0 Å². The van der Waals surface area contributed by atoms with Gasteiger partial charge < -0.3 is 9.64 Å². The summed E-state index contributed by atoms with van der Waals surface area (Å²) in [6, 6.07) is -0.147. The van der Waals surface area contributed by atoms with Gasteiger partial charge in [0.05, 0.1) is 5.75 Å². The van der Waals surface area contributed by atoms with Gasteiger partial charge >= 0.3 is 6.09 Å². The molecule has 0 atom stereocenters. The van der Waals surface area contributed by atoms with Crippen LogP contribution in [0.5, 0.6) is 0 Å². The number of amides is 1. The lowest BCUT2D eigenvalue weighted by Crippen LogP contribution is -2.43. The van der Waals surface area contributed by atoms with E-state index >= 15 is 0 Å². The van der Waals surface area contributed by atoms with E-state index < -0.39 is 21.7 Å². The molecule has 0 radical (unpaired) electrons. The SMILES string of the molecule is CC(C)N(CCS(N)(=O)=O)C(=O)OC(C)(C)C. The number of hydrogen-bond donors (Lipinski definition) is 1. The van der Waals surface area contributed by atoms with Crippen molar-refractivity contribution in [1.29, 1.82) is 0 Å². The Hall–Kier alpha value is -0.820. The highest BCUT2D eigenvalue weighted by molar-refractivity contribution is 7.89. The van der Waals surface area contributed by atoms with Crippen molar-refractivity contribution in [3.63, 3.8) is 0 Å². The first-order valence-electron chi connectivity index (χ1n) is 5.42. The molecular weight excluding hydrogens is 244 g/mol. The largest absolute Gasteiger partial charge is 0.444 e. The summed E-state index contributed by atoms with van der Waals surface area (Å²) in [7, 11) is -3.58. The maximum atomic E-state index is 11.8. The van der Waals surface area contributed by atoms with Crippen molar-refractivity contribution in [2.24, 2.45) is 5.14 Å². The zero-order valence-corrected chi connectivity index (χ0v) is 11.9. The van der Waals surface area contributed by atoms with E-state index in [0.717, 1.165) is 0 Å². The molecular formula is C10H22N2O4S. The molecule has 0 heterocycles. The van der Waals surface area contributed by atoms with E-state index in [1.807, 2.05) is 0 Å². The summed E-state index contributed by atoms with van der Waals surface area (Å²) in [4.78, 5) is 13.1. The molecule has 0 aromatic carbocycles. The third-order valence-corrected chi connectivity index (χ3v) is 2.62. The monoisotopic (exact) mass is 266 g/mol. The standard InChI is InChI=1S/C10H22N2O4S/c1-8(2)12(6-7-17(11,14)15)9(13)16-10(3,4)5/h8H,6-7H2,1-5H3,(H2,11,14,15). The van der Waals surface area contributed by atoms with Gasteiger partial charge in [0, 0.05) is 12.6 Å². The van der Waals surface area contributed by atoms with E-state index in [0.29, 0.717) is 0 Å². The number of nitrogens with zero attached hydrogens (tertiary/aromatic N) is 1. The fraction of sp³-hybridized carbons (Fsp3) is 0.900. The van der Waals surface area contributed by atoms with Gasteiger partial charge in [-0.1, -0.05) is 0 Å². The maximum Gasteiger partial charge on any atom is 0.410 e. The summed E-state index contributed by atoms with van der Waals surface area (Å²) in [5.41, 5.74) is -0.605. The van der Waals surface area contributed by atoms with Gasteiger partial charge in [0.1, 0.15) is 5.60 Å². The second-order valence-electron chi connectivity index (χ2n) is 5.13.